The van der Waals surface area contributed by atoms with Crippen molar-refractivity contribution in [1.82, 2.24) is 25.9 Å². The summed E-state index contributed by atoms with van der Waals surface area (Å²) in [5.41, 5.74) is 11.6. The Balaban J connectivity index is 2.67. The zero-order valence-electron chi connectivity index (χ0n) is 18.1. The summed E-state index contributed by atoms with van der Waals surface area (Å²) in [6.45, 7) is -0.110. The van der Waals surface area contributed by atoms with Crippen LogP contribution in [0.1, 0.15) is 37.8 Å². The van der Waals surface area contributed by atoms with Crippen LogP contribution in [0.25, 0.3) is 0 Å². The van der Waals surface area contributed by atoms with Gasteiger partial charge in [-0.2, -0.15) is 0 Å². The van der Waals surface area contributed by atoms with Gasteiger partial charge in [-0.3, -0.25) is 19.2 Å². The Bertz CT molecular complexity index is 800. The molecule has 1 aromatic rings. The zero-order valence-corrected chi connectivity index (χ0v) is 18.1. The number of carboxylic acids is 2. The molecule has 0 saturated heterocycles. The number of aromatic nitrogens is 2. The Hall–Kier alpha value is -3.52. The normalized spacial score (nSPS) is 13.4. The van der Waals surface area contributed by atoms with Gasteiger partial charge in [0.15, 0.2) is 0 Å². The van der Waals surface area contributed by atoms with Gasteiger partial charge in [0.2, 0.25) is 17.7 Å². The van der Waals surface area contributed by atoms with Crippen molar-refractivity contribution in [2.75, 3.05) is 13.1 Å². The molecule has 0 aromatic carbocycles. The van der Waals surface area contributed by atoms with Crippen molar-refractivity contribution in [3.8, 4) is 0 Å². The van der Waals surface area contributed by atoms with Crippen molar-refractivity contribution < 1.29 is 34.2 Å². The van der Waals surface area contributed by atoms with Gasteiger partial charge in [0.25, 0.3) is 0 Å². The SMILES string of the molecule is NCCCCC(NC(=O)CNC(=O)C(N)CCC(=O)O)C(=O)NC(Cc1cnc[nH]1)C(=O)O. The third kappa shape index (κ3) is 11.1. The van der Waals surface area contributed by atoms with Crippen molar-refractivity contribution in [2.24, 2.45) is 11.5 Å². The summed E-state index contributed by atoms with van der Waals surface area (Å²) in [4.78, 5) is 65.5. The van der Waals surface area contributed by atoms with Crippen LogP contribution in [0.5, 0.6) is 0 Å². The smallest absolute Gasteiger partial charge is 0.326 e. The van der Waals surface area contributed by atoms with E-state index in [0.717, 1.165) is 0 Å². The van der Waals surface area contributed by atoms with E-state index in [1.807, 2.05) is 0 Å². The highest BCUT2D eigenvalue weighted by molar-refractivity contribution is 5.92. The fourth-order valence-corrected chi connectivity index (χ4v) is 2.80. The highest BCUT2D eigenvalue weighted by atomic mass is 16.4. The van der Waals surface area contributed by atoms with Gasteiger partial charge in [0, 0.05) is 24.7 Å². The van der Waals surface area contributed by atoms with Crippen molar-refractivity contribution >= 4 is 29.7 Å². The average Bonchev–Trinajstić information content (AvgIpc) is 3.27. The summed E-state index contributed by atoms with van der Waals surface area (Å²) in [5.74, 6) is -4.46. The van der Waals surface area contributed by atoms with E-state index >= 15 is 0 Å². The third-order valence-corrected chi connectivity index (χ3v) is 4.62. The maximum atomic E-state index is 12.7. The highest BCUT2D eigenvalue weighted by Crippen LogP contribution is 2.04. The summed E-state index contributed by atoms with van der Waals surface area (Å²) in [6.07, 6.45) is 3.68. The minimum Gasteiger partial charge on any atom is -0.481 e. The lowest BCUT2D eigenvalue weighted by Crippen LogP contribution is -2.54. The number of carboxylic acid groups (broad SMARTS) is 2. The van der Waals surface area contributed by atoms with Gasteiger partial charge in [0.1, 0.15) is 12.1 Å². The van der Waals surface area contributed by atoms with Crippen LogP contribution in [-0.4, -0.2) is 81.1 Å². The van der Waals surface area contributed by atoms with Gasteiger partial charge in [0.05, 0.1) is 18.9 Å². The zero-order chi connectivity index (χ0) is 24.8. The first-order chi connectivity index (χ1) is 15.6. The lowest BCUT2D eigenvalue weighted by atomic mass is 10.1. The standard InChI is InChI=1S/C19H31N7O7/c20-6-2-1-3-13(18(31)26-14(19(32)33)7-11-8-22-10-24-11)25-15(27)9-23-17(30)12(21)4-5-16(28)29/h8,10,12-14H,1-7,9,20-21H2,(H,22,24)(H,23,30)(H,25,27)(H,26,31)(H,28,29)(H,32,33). The molecule has 33 heavy (non-hydrogen) atoms. The first-order valence-electron chi connectivity index (χ1n) is 10.4. The average molecular weight is 469 g/mol. The molecule has 0 aliphatic heterocycles. The molecule has 1 aromatic heterocycles. The molecule has 0 bridgehead atoms. The number of rotatable bonds is 16. The van der Waals surface area contributed by atoms with Crippen molar-refractivity contribution in [3.63, 3.8) is 0 Å². The Kier molecular flexibility index (Phi) is 12.1. The van der Waals surface area contributed by atoms with E-state index in [1.54, 1.807) is 0 Å². The van der Waals surface area contributed by atoms with Crippen molar-refractivity contribution in [1.29, 1.82) is 0 Å². The van der Waals surface area contributed by atoms with Crippen LogP contribution < -0.4 is 27.4 Å². The van der Waals surface area contributed by atoms with E-state index in [1.165, 1.54) is 12.5 Å². The quantitative estimate of drug-likeness (QED) is 0.118. The molecular formula is C19H31N7O7. The Morgan fingerprint density at radius 3 is 2.33 bits per heavy atom. The van der Waals surface area contributed by atoms with Gasteiger partial charge in [-0.15, -0.1) is 0 Å². The Morgan fingerprint density at radius 2 is 1.76 bits per heavy atom. The molecule has 3 amide bonds. The molecule has 0 saturated carbocycles. The summed E-state index contributed by atoms with van der Waals surface area (Å²) in [5, 5.41) is 25.2. The lowest BCUT2D eigenvalue weighted by Gasteiger charge is -2.21. The number of aliphatic carboxylic acids is 2. The van der Waals surface area contributed by atoms with Gasteiger partial charge in [-0.05, 0) is 32.2 Å². The molecule has 0 aliphatic rings. The summed E-state index contributed by atoms with van der Waals surface area (Å²) >= 11 is 0. The molecule has 0 radical (unpaired) electrons. The lowest BCUT2D eigenvalue weighted by molar-refractivity contribution is -0.142. The van der Waals surface area contributed by atoms with E-state index in [9.17, 15) is 29.1 Å². The molecule has 0 fully saturated rings. The number of nitrogens with one attached hydrogen (secondary N) is 4. The second-order valence-corrected chi connectivity index (χ2v) is 7.34. The van der Waals surface area contributed by atoms with Gasteiger partial charge in [-0.1, -0.05) is 0 Å². The number of aromatic amines is 1. The molecule has 184 valence electrons. The number of amides is 3. The largest absolute Gasteiger partial charge is 0.481 e. The summed E-state index contributed by atoms with van der Waals surface area (Å²) in [7, 11) is 0. The number of imidazole rings is 1. The molecular weight excluding hydrogens is 438 g/mol. The molecule has 14 heteroatoms. The molecule has 1 rings (SSSR count). The van der Waals surface area contributed by atoms with Crippen LogP contribution in [0.4, 0.5) is 0 Å². The molecule has 3 atom stereocenters. The number of hydrogen-bond acceptors (Lipinski definition) is 8. The molecule has 14 nitrogen and oxygen atoms in total. The number of H-pyrrole nitrogens is 1. The number of nitrogens with two attached hydrogens (primary N) is 2. The highest BCUT2D eigenvalue weighted by Gasteiger charge is 2.27. The van der Waals surface area contributed by atoms with E-state index in [0.29, 0.717) is 25.1 Å². The number of nitrogens with zero attached hydrogens (tertiary/aromatic N) is 1. The molecule has 0 spiro atoms. The van der Waals surface area contributed by atoms with Crippen LogP contribution >= 0.6 is 0 Å². The molecule has 3 unspecified atom stereocenters. The maximum Gasteiger partial charge on any atom is 0.326 e. The molecule has 10 N–H and O–H groups in total. The van der Waals surface area contributed by atoms with Crippen molar-refractivity contribution in [3.05, 3.63) is 18.2 Å². The fourth-order valence-electron chi connectivity index (χ4n) is 2.80. The Labute approximate surface area is 189 Å². The van der Waals surface area contributed by atoms with E-state index < -0.39 is 54.3 Å². The first kappa shape index (κ1) is 27.5. The number of hydrogen-bond donors (Lipinski definition) is 8. The second-order valence-electron chi connectivity index (χ2n) is 7.34. The molecule has 0 aliphatic carbocycles. The van der Waals surface area contributed by atoms with Gasteiger partial charge in [-0.25, -0.2) is 9.78 Å². The van der Waals surface area contributed by atoms with Crippen LogP contribution in [0.3, 0.4) is 0 Å². The van der Waals surface area contributed by atoms with Crippen LogP contribution in [0.15, 0.2) is 12.5 Å². The fraction of sp³-hybridized carbons (Fsp3) is 0.579. The predicted octanol–water partition coefficient (Wildman–Crippen LogP) is -2.56. The van der Waals surface area contributed by atoms with E-state index in [4.69, 9.17) is 16.6 Å². The second kappa shape index (κ2) is 14.5. The Morgan fingerprint density at radius 1 is 1.03 bits per heavy atom. The van der Waals surface area contributed by atoms with Crippen LogP contribution in [0.2, 0.25) is 0 Å². The minimum absolute atomic E-state index is 0.0329. The number of carbonyl (C=O) groups is 5. The maximum absolute atomic E-state index is 12.7. The molecule has 1 heterocycles. The number of carbonyl (C=O) groups excluding carboxylic acids is 3. The van der Waals surface area contributed by atoms with Crippen molar-refractivity contribution in [2.45, 2.75) is 56.7 Å². The predicted molar refractivity (Wildman–Crippen MR) is 115 cm³/mol. The number of unbranched alkanes of at least 4 members (excludes halogenated alkanes) is 1. The third-order valence-electron chi connectivity index (χ3n) is 4.62. The van der Waals surface area contributed by atoms with Gasteiger partial charge < -0.3 is 42.6 Å². The minimum atomic E-state index is -1.26. The van der Waals surface area contributed by atoms with Gasteiger partial charge >= 0.3 is 11.9 Å². The summed E-state index contributed by atoms with van der Waals surface area (Å²) < 4.78 is 0. The first-order valence-corrected chi connectivity index (χ1v) is 10.4. The van der Waals surface area contributed by atoms with Crippen LogP contribution in [0, 0.1) is 0 Å². The van der Waals surface area contributed by atoms with E-state index in [2.05, 4.69) is 25.9 Å². The van der Waals surface area contributed by atoms with E-state index in [-0.39, 0.29) is 25.7 Å². The monoisotopic (exact) mass is 469 g/mol. The summed E-state index contributed by atoms with van der Waals surface area (Å²) in [6, 6.07) is -3.40. The van der Waals surface area contributed by atoms with Crippen LogP contribution in [-0.2, 0) is 30.4 Å². The topological polar surface area (TPSA) is 243 Å².